The molecule has 270 valence electrons. The molecule has 15 nitrogen and oxygen atoms in total. The molecule has 1 aliphatic rings. The van der Waals surface area contributed by atoms with Gasteiger partial charge in [0.2, 0.25) is 11.8 Å². The van der Waals surface area contributed by atoms with E-state index in [1.54, 1.807) is 68.1 Å². The highest BCUT2D eigenvalue weighted by molar-refractivity contribution is 6.05. The Morgan fingerprint density at radius 2 is 1.20 bits per heavy atom. The van der Waals surface area contributed by atoms with E-state index in [0.29, 0.717) is 31.0 Å². The van der Waals surface area contributed by atoms with Crippen LogP contribution < -0.4 is 14.8 Å². The summed E-state index contributed by atoms with van der Waals surface area (Å²) in [4.78, 5) is 50.7. The van der Waals surface area contributed by atoms with Gasteiger partial charge in [-0.15, -0.1) is 0 Å². The van der Waals surface area contributed by atoms with Crippen LogP contribution in [0.2, 0.25) is 0 Å². The second-order valence-electron chi connectivity index (χ2n) is 12.8. The number of nitrogens with zero attached hydrogens (tertiary/aromatic N) is 3. The molecule has 0 aliphatic heterocycles. The molecule has 0 aromatic heterocycles. The van der Waals surface area contributed by atoms with Gasteiger partial charge in [0.15, 0.2) is 11.7 Å². The molecular weight excluding hydrogens is 660 g/mol. The van der Waals surface area contributed by atoms with Gasteiger partial charge in [-0.3, -0.25) is 35.6 Å². The van der Waals surface area contributed by atoms with E-state index in [1.165, 1.54) is 24.3 Å². The topological polar surface area (TPSA) is 206 Å². The summed E-state index contributed by atoms with van der Waals surface area (Å²) in [7, 11) is 0. The average molecular weight is 703 g/mol. The van der Waals surface area contributed by atoms with Crippen molar-refractivity contribution >= 4 is 35.5 Å². The van der Waals surface area contributed by atoms with Crippen molar-refractivity contribution in [3.63, 3.8) is 0 Å². The number of amidine groups is 2. The lowest BCUT2D eigenvalue weighted by molar-refractivity contribution is -0.147. The molecule has 51 heavy (non-hydrogen) atoms. The zero-order chi connectivity index (χ0) is 37.5. The van der Waals surface area contributed by atoms with Gasteiger partial charge < -0.3 is 24.4 Å². The van der Waals surface area contributed by atoms with Gasteiger partial charge in [0.25, 0.3) is 5.91 Å². The summed E-state index contributed by atoms with van der Waals surface area (Å²) >= 11 is 0. The maximum atomic E-state index is 14.0. The first-order valence-corrected chi connectivity index (χ1v) is 16.2. The van der Waals surface area contributed by atoms with Crippen LogP contribution in [0, 0.1) is 10.8 Å². The van der Waals surface area contributed by atoms with Gasteiger partial charge in [-0.25, -0.2) is 4.79 Å². The van der Waals surface area contributed by atoms with Crippen LogP contribution >= 0.6 is 0 Å². The number of nitrogens with one attached hydrogen (secondary N) is 3. The Labute approximate surface area is 295 Å². The van der Waals surface area contributed by atoms with Crippen LogP contribution in [0.25, 0.3) is 0 Å². The monoisotopic (exact) mass is 702 g/mol. The molecule has 5 N–H and O–H groups in total. The highest BCUT2D eigenvalue weighted by Crippen LogP contribution is 2.34. The van der Waals surface area contributed by atoms with Crippen LogP contribution in [0.4, 0.5) is 4.79 Å². The number of rotatable bonds is 12. The second kappa shape index (κ2) is 16.3. The van der Waals surface area contributed by atoms with Crippen molar-refractivity contribution in [1.29, 1.82) is 10.8 Å². The van der Waals surface area contributed by atoms with Crippen molar-refractivity contribution in [2.24, 2.45) is 0 Å². The third kappa shape index (κ3) is 10.8. The summed E-state index contributed by atoms with van der Waals surface area (Å²) in [5.74, 6) is -1.33. The van der Waals surface area contributed by atoms with Gasteiger partial charge >= 0.3 is 6.09 Å². The predicted octanol–water partition coefficient (Wildman–Crippen LogP) is 5.92. The molecule has 4 rings (SSSR count). The van der Waals surface area contributed by atoms with Gasteiger partial charge in [-0.05, 0) is 101 Å². The second-order valence-corrected chi connectivity index (χ2v) is 12.8. The minimum atomic E-state index is -0.715. The van der Waals surface area contributed by atoms with Gasteiger partial charge in [0.1, 0.15) is 28.6 Å². The number of hydrogen-bond donors (Lipinski definition) is 5. The third-order valence-electron chi connectivity index (χ3n) is 7.37. The number of carbonyl (C=O) groups is 4. The van der Waals surface area contributed by atoms with Crippen LogP contribution in [0.5, 0.6) is 23.0 Å². The van der Waals surface area contributed by atoms with E-state index in [9.17, 15) is 29.6 Å². The van der Waals surface area contributed by atoms with E-state index < -0.39 is 35.2 Å². The molecule has 0 heterocycles. The molecular formula is C36H42N6O9. The predicted molar refractivity (Wildman–Crippen MR) is 185 cm³/mol. The Morgan fingerprint density at radius 1 is 0.745 bits per heavy atom. The molecule has 0 spiro atoms. The molecule has 15 heteroatoms. The van der Waals surface area contributed by atoms with Crippen LogP contribution in [0.1, 0.15) is 75.4 Å². The van der Waals surface area contributed by atoms with Crippen molar-refractivity contribution in [1.82, 2.24) is 20.3 Å². The van der Waals surface area contributed by atoms with Crippen LogP contribution in [0.3, 0.4) is 0 Å². The molecule has 1 aliphatic carbocycles. The van der Waals surface area contributed by atoms with E-state index in [1.807, 2.05) is 0 Å². The van der Waals surface area contributed by atoms with Crippen molar-refractivity contribution in [3.05, 3.63) is 83.4 Å². The molecule has 4 amide bonds. The fourth-order valence-corrected chi connectivity index (χ4v) is 4.76. The van der Waals surface area contributed by atoms with E-state index in [4.69, 9.17) is 25.0 Å². The third-order valence-corrected chi connectivity index (χ3v) is 7.37. The zero-order valence-corrected chi connectivity index (χ0v) is 29.1. The molecule has 0 unspecified atom stereocenters. The quantitative estimate of drug-likeness (QED) is 0.0499. The van der Waals surface area contributed by atoms with Crippen molar-refractivity contribution in [2.75, 3.05) is 13.1 Å². The van der Waals surface area contributed by atoms with Crippen molar-refractivity contribution in [3.8, 4) is 23.0 Å². The fraction of sp³-hybridized carbons (Fsp3) is 0.333. The molecule has 1 saturated carbocycles. The smallest absolute Gasteiger partial charge is 0.407 e. The highest BCUT2D eigenvalue weighted by Gasteiger charge is 2.33. The molecule has 1 fully saturated rings. The van der Waals surface area contributed by atoms with E-state index >= 15 is 0 Å². The lowest BCUT2D eigenvalue weighted by Crippen LogP contribution is -2.37. The van der Waals surface area contributed by atoms with Gasteiger partial charge in [-0.2, -0.15) is 10.1 Å². The summed E-state index contributed by atoms with van der Waals surface area (Å²) in [6.45, 7) is 8.27. The van der Waals surface area contributed by atoms with Crippen molar-refractivity contribution in [2.45, 2.75) is 65.5 Å². The van der Waals surface area contributed by atoms with Crippen molar-refractivity contribution < 1.29 is 43.8 Å². The zero-order valence-electron chi connectivity index (χ0n) is 29.1. The number of hydroxylamine groups is 4. The summed E-state index contributed by atoms with van der Waals surface area (Å²) < 4.78 is 17.5. The number of hydrogen-bond acceptors (Lipinski definition) is 11. The Balaban J connectivity index is 1.57. The molecule has 0 radical (unpaired) electrons. The Hall–Kier alpha value is -5.80. The lowest BCUT2D eigenvalue weighted by Gasteiger charge is -2.24. The highest BCUT2D eigenvalue weighted by atomic mass is 16.6. The summed E-state index contributed by atoms with van der Waals surface area (Å²) in [6.07, 6.45) is 1.65. The largest absolute Gasteiger partial charge is 0.457 e. The van der Waals surface area contributed by atoms with E-state index in [2.05, 4.69) is 5.32 Å². The molecule has 3 aromatic carbocycles. The maximum absolute atomic E-state index is 14.0. The summed E-state index contributed by atoms with van der Waals surface area (Å²) in [6, 6.07) is 16.9. The number of benzene rings is 3. The minimum absolute atomic E-state index is 0.0425. The first-order valence-electron chi connectivity index (χ1n) is 16.2. The number of alkyl carbamates (subject to hydrolysis) is 1. The van der Waals surface area contributed by atoms with E-state index in [0.717, 1.165) is 26.7 Å². The summed E-state index contributed by atoms with van der Waals surface area (Å²) in [5, 5.41) is 38.9. The Morgan fingerprint density at radius 3 is 1.59 bits per heavy atom. The summed E-state index contributed by atoms with van der Waals surface area (Å²) in [5.41, 5.74) is 0.174. The maximum Gasteiger partial charge on any atom is 0.407 e. The first-order chi connectivity index (χ1) is 24.0. The van der Waals surface area contributed by atoms with Gasteiger partial charge in [0, 0.05) is 55.7 Å². The van der Waals surface area contributed by atoms with Crippen LogP contribution in [0.15, 0.2) is 66.7 Å². The standard InChI is InChI=1S/C36H42N6O9/c1-22(43)41(47)32(37)24-7-13-28(14-8-24)49-30-19-26(34(45)40(27-11-12-27)18-6-17-39-35(46)51-36(3,4)5)20-31(21-30)50-29-15-9-25(10-16-29)33(38)42(48)23(2)44/h7-10,13-16,19-21,27,37-38,47-48H,6,11-12,17-18H2,1-5H3,(H,39,46). The average Bonchev–Trinajstić information content (AvgIpc) is 3.92. The Bertz CT molecular complexity index is 1690. The number of carbonyl (C=O) groups excluding carboxylic acids is 4. The van der Waals surface area contributed by atoms with Gasteiger partial charge in [0.05, 0.1) is 0 Å². The van der Waals surface area contributed by atoms with E-state index in [-0.39, 0.29) is 50.3 Å². The molecule has 0 bridgehead atoms. The SMILES string of the molecule is CC(=O)N(O)C(=N)c1ccc(Oc2cc(Oc3ccc(C(=N)N(O)C(C)=O)cc3)cc(C(=O)N(CCCNC(=O)OC(C)(C)C)C3CC3)c2)cc1. The lowest BCUT2D eigenvalue weighted by atomic mass is 10.1. The minimum Gasteiger partial charge on any atom is -0.457 e. The molecule has 0 atom stereocenters. The normalized spacial score (nSPS) is 12.3. The number of amides is 4. The first kappa shape index (κ1) is 38.0. The van der Waals surface area contributed by atoms with Crippen LogP contribution in [-0.2, 0) is 14.3 Å². The Kier molecular flexibility index (Phi) is 12.1. The number of ether oxygens (including phenoxy) is 3. The van der Waals surface area contributed by atoms with Crippen LogP contribution in [-0.4, -0.2) is 85.7 Å². The molecule has 0 saturated heterocycles. The van der Waals surface area contributed by atoms with Gasteiger partial charge in [-0.1, -0.05) is 0 Å². The fourth-order valence-electron chi connectivity index (χ4n) is 4.76. The molecule has 3 aromatic rings.